The van der Waals surface area contributed by atoms with Crippen molar-refractivity contribution < 1.29 is 9.59 Å². The van der Waals surface area contributed by atoms with E-state index in [4.69, 9.17) is 0 Å². The number of benzene rings is 2. The molecule has 1 saturated heterocycles. The van der Waals surface area contributed by atoms with Crippen molar-refractivity contribution in [1.82, 2.24) is 0 Å². The highest BCUT2D eigenvalue weighted by atomic mass is 16.2. The summed E-state index contributed by atoms with van der Waals surface area (Å²) in [6.07, 6.45) is 5.64. The van der Waals surface area contributed by atoms with Gasteiger partial charge in [0.05, 0.1) is 17.5 Å². The number of allylic oxidation sites excluding steroid dienone is 2. The van der Waals surface area contributed by atoms with Crippen LogP contribution in [0, 0.1) is 35.5 Å². The largest absolute Gasteiger partial charge is 0.274 e. The molecule has 1 heterocycles. The van der Waals surface area contributed by atoms with E-state index in [1.807, 2.05) is 42.5 Å². The van der Waals surface area contributed by atoms with E-state index < -0.39 is 0 Å². The number of amides is 2. The lowest BCUT2D eigenvalue weighted by molar-refractivity contribution is -0.124. The molecule has 0 aromatic heterocycles. The van der Waals surface area contributed by atoms with Crippen molar-refractivity contribution in [1.29, 1.82) is 0 Å². The monoisotopic (exact) mass is 315 g/mol. The summed E-state index contributed by atoms with van der Waals surface area (Å²) in [6.45, 7) is 0. The zero-order valence-electron chi connectivity index (χ0n) is 13.1. The van der Waals surface area contributed by atoms with Crippen molar-refractivity contribution in [2.45, 2.75) is 6.42 Å². The van der Waals surface area contributed by atoms with Crippen LogP contribution in [0.4, 0.5) is 5.69 Å². The van der Waals surface area contributed by atoms with E-state index in [0.29, 0.717) is 11.8 Å². The number of carbonyl (C=O) groups is 2. The third-order valence-electron chi connectivity index (χ3n) is 6.67. The zero-order valence-corrected chi connectivity index (χ0v) is 13.1. The van der Waals surface area contributed by atoms with E-state index in [9.17, 15) is 9.59 Å². The molecule has 1 aliphatic heterocycles. The molecule has 2 amide bonds. The Kier molecular flexibility index (Phi) is 2.24. The molecule has 0 N–H and O–H groups in total. The van der Waals surface area contributed by atoms with Gasteiger partial charge >= 0.3 is 0 Å². The lowest BCUT2D eigenvalue weighted by atomic mass is 9.63. The zero-order chi connectivity index (χ0) is 16.0. The van der Waals surface area contributed by atoms with E-state index in [1.165, 1.54) is 11.3 Å². The minimum Gasteiger partial charge on any atom is -0.274 e. The fourth-order valence-electron chi connectivity index (χ4n) is 5.60. The summed E-state index contributed by atoms with van der Waals surface area (Å²) < 4.78 is 0. The summed E-state index contributed by atoms with van der Waals surface area (Å²) >= 11 is 0. The van der Waals surface area contributed by atoms with Crippen LogP contribution in [-0.2, 0) is 9.59 Å². The molecule has 0 radical (unpaired) electrons. The summed E-state index contributed by atoms with van der Waals surface area (Å²) in [5.41, 5.74) is 0.755. The number of hydrogen-bond donors (Lipinski definition) is 0. The highest BCUT2D eigenvalue weighted by Crippen LogP contribution is 2.65. The van der Waals surface area contributed by atoms with E-state index in [1.54, 1.807) is 0 Å². The van der Waals surface area contributed by atoms with Crippen LogP contribution < -0.4 is 4.90 Å². The van der Waals surface area contributed by atoms with Gasteiger partial charge in [0.1, 0.15) is 0 Å². The van der Waals surface area contributed by atoms with Gasteiger partial charge in [-0.1, -0.05) is 48.6 Å². The number of carbonyl (C=O) groups excluding carboxylic acids is 2. The lowest BCUT2D eigenvalue weighted by Gasteiger charge is -2.37. The maximum atomic E-state index is 13.2. The average molecular weight is 315 g/mol. The molecule has 7 rings (SSSR count). The predicted molar refractivity (Wildman–Crippen MR) is 91.1 cm³/mol. The maximum Gasteiger partial charge on any atom is 0.238 e. The number of rotatable bonds is 1. The summed E-state index contributed by atoms with van der Waals surface area (Å²) in [4.78, 5) is 27.9. The molecule has 2 aromatic carbocycles. The summed E-state index contributed by atoms with van der Waals surface area (Å²) in [5.74, 6) is 1.63. The number of anilines is 1. The van der Waals surface area contributed by atoms with E-state index in [2.05, 4.69) is 12.2 Å². The smallest absolute Gasteiger partial charge is 0.238 e. The molecule has 0 spiro atoms. The van der Waals surface area contributed by atoms with Crippen LogP contribution in [0.1, 0.15) is 6.42 Å². The number of imide groups is 1. The second-order valence-corrected chi connectivity index (χ2v) is 7.66. The highest BCUT2D eigenvalue weighted by molar-refractivity contribution is 6.25. The predicted octanol–water partition coefficient (Wildman–Crippen LogP) is 3.40. The fourth-order valence-corrected chi connectivity index (χ4v) is 5.60. The molecule has 24 heavy (non-hydrogen) atoms. The number of hydrogen-bond acceptors (Lipinski definition) is 2. The van der Waals surface area contributed by atoms with Crippen LogP contribution in [0.3, 0.4) is 0 Å². The molecular weight excluding hydrogens is 298 g/mol. The Hall–Kier alpha value is -2.42. The summed E-state index contributed by atoms with van der Waals surface area (Å²) in [6, 6.07) is 13.8. The minimum absolute atomic E-state index is 0.0195. The molecular formula is C21H17NO2. The van der Waals surface area contributed by atoms with Gasteiger partial charge in [0.15, 0.2) is 0 Å². The summed E-state index contributed by atoms with van der Waals surface area (Å²) in [7, 11) is 0. The molecule has 3 fully saturated rings. The van der Waals surface area contributed by atoms with Crippen molar-refractivity contribution in [3.05, 3.63) is 54.6 Å². The van der Waals surface area contributed by atoms with Crippen molar-refractivity contribution in [3.63, 3.8) is 0 Å². The van der Waals surface area contributed by atoms with Crippen molar-refractivity contribution in [2.75, 3.05) is 4.90 Å². The van der Waals surface area contributed by atoms with Crippen molar-refractivity contribution in [2.24, 2.45) is 35.5 Å². The molecule has 0 unspecified atom stereocenters. The molecule has 2 bridgehead atoms. The Morgan fingerprint density at radius 3 is 2.12 bits per heavy atom. The second-order valence-electron chi connectivity index (χ2n) is 7.66. The van der Waals surface area contributed by atoms with E-state index in [0.717, 1.165) is 16.5 Å². The van der Waals surface area contributed by atoms with Crippen LogP contribution in [0.25, 0.3) is 10.8 Å². The maximum absolute atomic E-state index is 13.2. The number of nitrogens with zero attached hydrogens (tertiary/aromatic N) is 1. The molecule has 3 nitrogen and oxygen atoms in total. The van der Waals surface area contributed by atoms with Crippen LogP contribution in [0.5, 0.6) is 0 Å². The third-order valence-corrected chi connectivity index (χ3v) is 6.67. The molecule has 2 aromatic rings. The molecule has 4 aliphatic carbocycles. The Labute approximate surface area is 139 Å². The van der Waals surface area contributed by atoms with E-state index >= 15 is 0 Å². The minimum atomic E-state index is -0.129. The van der Waals surface area contributed by atoms with Gasteiger partial charge in [-0.05, 0) is 41.5 Å². The highest BCUT2D eigenvalue weighted by Gasteiger charge is 2.67. The van der Waals surface area contributed by atoms with Gasteiger partial charge < -0.3 is 0 Å². The van der Waals surface area contributed by atoms with Gasteiger partial charge in [-0.2, -0.15) is 0 Å². The standard InChI is InChI=1S/C21H17NO2/c23-20-18-13-8-9-14(16-10-15(13)16)19(18)21(24)22(20)17-7-3-5-11-4-1-2-6-12(11)17/h1-9,13-16,18-19H,10H2/t13-,14+,15-,16-,18+,19-/m1/s1. The van der Waals surface area contributed by atoms with Crippen LogP contribution in [-0.4, -0.2) is 11.8 Å². The van der Waals surface area contributed by atoms with Crippen LogP contribution in [0.15, 0.2) is 54.6 Å². The second kappa shape index (κ2) is 4.15. The van der Waals surface area contributed by atoms with Crippen LogP contribution >= 0.6 is 0 Å². The van der Waals surface area contributed by atoms with Crippen molar-refractivity contribution in [3.8, 4) is 0 Å². The quantitative estimate of drug-likeness (QED) is 0.597. The molecule has 118 valence electrons. The Morgan fingerprint density at radius 1 is 0.792 bits per heavy atom. The molecule has 2 saturated carbocycles. The van der Waals surface area contributed by atoms with E-state index in [-0.39, 0.29) is 35.5 Å². The normalized spacial score (nSPS) is 38.6. The lowest BCUT2D eigenvalue weighted by Crippen LogP contribution is -2.40. The van der Waals surface area contributed by atoms with Crippen LogP contribution in [0.2, 0.25) is 0 Å². The first-order valence-electron chi connectivity index (χ1n) is 8.79. The first-order valence-corrected chi connectivity index (χ1v) is 8.79. The third kappa shape index (κ3) is 1.40. The first-order chi connectivity index (χ1) is 11.8. The summed E-state index contributed by atoms with van der Waals surface area (Å²) in [5, 5.41) is 2.04. The first kappa shape index (κ1) is 12.9. The van der Waals surface area contributed by atoms with Gasteiger partial charge in [0.2, 0.25) is 11.8 Å². The van der Waals surface area contributed by atoms with Gasteiger partial charge in [-0.3, -0.25) is 9.59 Å². The molecule has 3 heteroatoms. The van der Waals surface area contributed by atoms with Gasteiger partial charge in [-0.25, -0.2) is 4.90 Å². The van der Waals surface area contributed by atoms with Gasteiger partial charge in [0, 0.05) is 5.39 Å². The molecule has 6 atom stereocenters. The average Bonchev–Trinajstić information content (AvgIpc) is 3.39. The van der Waals surface area contributed by atoms with Gasteiger partial charge in [-0.15, -0.1) is 0 Å². The molecule has 5 aliphatic rings. The van der Waals surface area contributed by atoms with Gasteiger partial charge in [0.25, 0.3) is 0 Å². The Morgan fingerprint density at radius 2 is 1.42 bits per heavy atom. The topological polar surface area (TPSA) is 37.4 Å². The van der Waals surface area contributed by atoms with Crippen molar-refractivity contribution >= 4 is 28.3 Å². The fraction of sp³-hybridized carbons (Fsp3) is 0.333. The SMILES string of the molecule is O=C1[C@@H]2[C@H]3C=C[C@H]([C@H]4C[C@H]34)[C@@H]2C(=O)N1c1cccc2ccccc12. The Balaban J connectivity index is 1.52. The number of fused-ring (bicyclic) bond motifs is 1. The Bertz CT molecular complexity index is 905.